The van der Waals surface area contributed by atoms with E-state index in [2.05, 4.69) is 26.7 Å². The van der Waals surface area contributed by atoms with Crippen molar-refractivity contribution in [1.82, 2.24) is 5.48 Å². The van der Waals surface area contributed by atoms with Crippen molar-refractivity contribution in [2.45, 2.75) is 25.9 Å². The van der Waals surface area contributed by atoms with Gasteiger partial charge in [-0.05, 0) is 76.6 Å². The Hall–Kier alpha value is -1.37. The molecule has 0 atom stereocenters. The number of anilines is 2. The zero-order valence-electron chi connectivity index (χ0n) is 14.9. The molecule has 2 aromatic rings. The molecule has 5 nitrogen and oxygen atoms in total. The van der Waals surface area contributed by atoms with Gasteiger partial charge in [-0.1, -0.05) is 0 Å². The smallest absolute Gasteiger partial charge is 0.277 e. The Morgan fingerprint density at radius 2 is 1.93 bits per heavy atom. The summed E-state index contributed by atoms with van der Waals surface area (Å²) in [5.74, 6) is -4.15. The number of rotatable bonds is 7. The van der Waals surface area contributed by atoms with Crippen LogP contribution in [0.15, 0.2) is 28.7 Å². The van der Waals surface area contributed by atoms with E-state index in [9.17, 15) is 18.0 Å². The van der Waals surface area contributed by atoms with E-state index in [1.165, 1.54) is 12.1 Å². The topological polar surface area (TPSA) is 70.6 Å². The van der Waals surface area contributed by atoms with Crippen molar-refractivity contribution in [3.8, 4) is 0 Å². The molecule has 0 spiro atoms. The summed E-state index contributed by atoms with van der Waals surface area (Å²) < 4.78 is 43.0. The summed E-state index contributed by atoms with van der Waals surface area (Å²) in [7, 11) is 0. The highest BCUT2D eigenvalue weighted by Crippen LogP contribution is 2.32. The van der Waals surface area contributed by atoms with Gasteiger partial charge < -0.3 is 10.4 Å². The number of carbonyl (C=O) groups is 1. The van der Waals surface area contributed by atoms with Gasteiger partial charge in [-0.15, -0.1) is 0 Å². The third-order valence-electron chi connectivity index (χ3n) is 3.73. The van der Waals surface area contributed by atoms with Crippen LogP contribution in [0.5, 0.6) is 0 Å². The minimum Gasteiger partial charge on any atom is -0.396 e. The largest absolute Gasteiger partial charge is 0.396 e. The SMILES string of the molecule is CC(C)(CCO)ONC(=O)c1cc(Br)c(F)c(F)c1Nc1ccc(I)cc1F. The Bertz CT molecular complexity index is 897. The minimum absolute atomic E-state index is 0.128. The lowest BCUT2D eigenvalue weighted by atomic mass is 10.1. The molecule has 2 aromatic carbocycles. The number of aliphatic hydroxyl groups excluding tert-OH is 1. The lowest BCUT2D eigenvalue weighted by Crippen LogP contribution is -2.37. The maximum Gasteiger partial charge on any atom is 0.277 e. The maximum absolute atomic E-state index is 14.5. The van der Waals surface area contributed by atoms with Crippen LogP contribution in [-0.4, -0.2) is 23.2 Å². The number of benzene rings is 2. The van der Waals surface area contributed by atoms with Gasteiger partial charge in [-0.2, -0.15) is 0 Å². The van der Waals surface area contributed by atoms with Crippen LogP contribution in [0.1, 0.15) is 30.6 Å². The third-order valence-corrected chi connectivity index (χ3v) is 4.98. The second kappa shape index (κ2) is 9.42. The second-order valence-corrected chi connectivity index (χ2v) is 8.52. The molecule has 0 aliphatic heterocycles. The van der Waals surface area contributed by atoms with Crippen LogP contribution in [0.25, 0.3) is 0 Å². The van der Waals surface area contributed by atoms with E-state index < -0.39 is 34.6 Å². The Morgan fingerprint density at radius 1 is 1.25 bits per heavy atom. The van der Waals surface area contributed by atoms with Gasteiger partial charge in [0.15, 0.2) is 11.6 Å². The van der Waals surface area contributed by atoms with E-state index in [-0.39, 0.29) is 28.8 Å². The molecule has 0 bridgehead atoms. The van der Waals surface area contributed by atoms with Crippen LogP contribution >= 0.6 is 38.5 Å². The highest BCUT2D eigenvalue weighted by molar-refractivity contribution is 14.1. The van der Waals surface area contributed by atoms with Gasteiger partial charge in [-0.3, -0.25) is 9.63 Å². The quantitative estimate of drug-likeness (QED) is 0.247. The molecule has 0 heterocycles. The summed E-state index contributed by atoms with van der Waals surface area (Å²) >= 11 is 4.76. The van der Waals surface area contributed by atoms with Crippen molar-refractivity contribution in [3.05, 3.63) is 55.3 Å². The molecule has 0 aromatic heterocycles. The number of halogens is 5. The molecule has 0 saturated heterocycles. The van der Waals surface area contributed by atoms with E-state index in [1.807, 2.05) is 22.6 Å². The fourth-order valence-electron chi connectivity index (χ4n) is 2.18. The van der Waals surface area contributed by atoms with E-state index in [0.29, 0.717) is 3.57 Å². The minimum atomic E-state index is -1.35. The van der Waals surface area contributed by atoms with Crippen molar-refractivity contribution < 1.29 is 27.9 Å². The first-order valence-corrected chi connectivity index (χ1v) is 9.91. The first-order valence-electron chi connectivity index (χ1n) is 8.04. The molecule has 1 amide bonds. The van der Waals surface area contributed by atoms with Crippen LogP contribution < -0.4 is 10.8 Å². The molecule has 0 aliphatic rings. The molecule has 0 unspecified atom stereocenters. The Balaban J connectivity index is 2.39. The van der Waals surface area contributed by atoms with Gasteiger partial charge in [-0.25, -0.2) is 18.7 Å². The highest BCUT2D eigenvalue weighted by Gasteiger charge is 2.25. The molecule has 28 heavy (non-hydrogen) atoms. The van der Waals surface area contributed by atoms with Gasteiger partial charge in [0.1, 0.15) is 5.82 Å². The number of aliphatic hydroxyl groups is 1. The summed E-state index contributed by atoms with van der Waals surface area (Å²) in [5, 5.41) is 11.4. The highest BCUT2D eigenvalue weighted by atomic mass is 127. The normalized spacial score (nSPS) is 11.4. The lowest BCUT2D eigenvalue weighted by Gasteiger charge is -2.24. The molecule has 2 rings (SSSR count). The van der Waals surface area contributed by atoms with Gasteiger partial charge >= 0.3 is 0 Å². The fourth-order valence-corrected chi connectivity index (χ4v) is 3.04. The van der Waals surface area contributed by atoms with Gasteiger partial charge in [0.2, 0.25) is 0 Å². The molecule has 152 valence electrons. The first kappa shape index (κ1) is 22.9. The average molecular weight is 573 g/mol. The monoisotopic (exact) mass is 572 g/mol. The molecular formula is C18H17BrF3IN2O3. The van der Waals surface area contributed by atoms with E-state index >= 15 is 0 Å². The fraction of sp³-hybridized carbons (Fsp3) is 0.278. The summed E-state index contributed by atoms with van der Waals surface area (Å²) in [6.45, 7) is 3.09. The van der Waals surface area contributed by atoms with Crippen molar-refractivity contribution in [1.29, 1.82) is 0 Å². The van der Waals surface area contributed by atoms with E-state index in [1.54, 1.807) is 19.9 Å². The van der Waals surface area contributed by atoms with Gasteiger partial charge in [0.05, 0.1) is 27.0 Å². The molecule has 0 aliphatic carbocycles. The zero-order valence-corrected chi connectivity index (χ0v) is 18.6. The number of amides is 1. The molecule has 0 fully saturated rings. The number of carbonyl (C=O) groups excluding carboxylic acids is 1. The zero-order chi connectivity index (χ0) is 21.1. The van der Waals surface area contributed by atoms with Gasteiger partial charge in [0.25, 0.3) is 5.91 Å². The molecule has 0 radical (unpaired) electrons. The predicted molar refractivity (Wildman–Crippen MR) is 111 cm³/mol. The Kier molecular flexibility index (Phi) is 7.71. The second-order valence-electron chi connectivity index (χ2n) is 6.42. The van der Waals surface area contributed by atoms with Crippen LogP contribution in [0.4, 0.5) is 24.5 Å². The maximum atomic E-state index is 14.5. The molecule has 10 heteroatoms. The number of hydrogen-bond acceptors (Lipinski definition) is 4. The first-order chi connectivity index (χ1) is 13.1. The van der Waals surface area contributed by atoms with Gasteiger partial charge in [0, 0.05) is 16.6 Å². The summed E-state index contributed by atoms with van der Waals surface area (Å²) in [6, 6.07) is 5.18. The Morgan fingerprint density at radius 3 is 2.54 bits per heavy atom. The number of hydroxylamine groups is 1. The summed E-state index contributed by atoms with van der Waals surface area (Å²) in [4.78, 5) is 17.8. The lowest BCUT2D eigenvalue weighted by molar-refractivity contribution is -0.0805. The average Bonchev–Trinajstić information content (AvgIpc) is 2.61. The standard InChI is InChI=1S/C18H17BrF3IN2O3/c1-18(2,5-6-26)28-25-17(27)10-8-11(19)14(21)15(22)16(10)24-13-4-3-9(23)7-12(13)20/h3-4,7-8,24,26H,5-6H2,1-2H3,(H,25,27). The van der Waals surface area contributed by atoms with E-state index in [4.69, 9.17) is 9.94 Å². The molecule has 0 saturated carbocycles. The predicted octanol–water partition coefficient (Wildman–Crippen LogP) is 5.04. The Labute approximate surface area is 181 Å². The van der Waals surface area contributed by atoms with Crippen LogP contribution in [0.2, 0.25) is 0 Å². The summed E-state index contributed by atoms with van der Waals surface area (Å²) in [6.07, 6.45) is 0.230. The number of hydrogen-bond donors (Lipinski definition) is 3. The van der Waals surface area contributed by atoms with Crippen LogP contribution in [0.3, 0.4) is 0 Å². The van der Waals surface area contributed by atoms with Crippen molar-refractivity contribution in [2.75, 3.05) is 11.9 Å². The molecule has 3 N–H and O–H groups in total. The van der Waals surface area contributed by atoms with Crippen molar-refractivity contribution in [2.24, 2.45) is 0 Å². The number of nitrogens with one attached hydrogen (secondary N) is 2. The van der Waals surface area contributed by atoms with Crippen LogP contribution in [0, 0.1) is 21.0 Å². The van der Waals surface area contributed by atoms with Crippen molar-refractivity contribution in [3.63, 3.8) is 0 Å². The summed E-state index contributed by atoms with van der Waals surface area (Å²) in [5.41, 5.74) is 0.290. The van der Waals surface area contributed by atoms with E-state index in [0.717, 1.165) is 6.07 Å². The molecular weight excluding hydrogens is 556 g/mol. The third kappa shape index (κ3) is 5.58. The van der Waals surface area contributed by atoms with Crippen molar-refractivity contribution >= 4 is 55.8 Å². The van der Waals surface area contributed by atoms with Crippen LogP contribution in [-0.2, 0) is 4.84 Å².